The maximum absolute atomic E-state index is 11.6. The topological polar surface area (TPSA) is 68.9 Å². The Balaban J connectivity index is 1.71. The van der Waals surface area contributed by atoms with Gasteiger partial charge in [-0.2, -0.15) is 0 Å². The first-order valence-electron chi connectivity index (χ1n) is 9.62. The number of hydrogen-bond acceptors (Lipinski definition) is 5. The number of aliphatic hydroxyl groups is 1. The van der Waals surface area contributed by atoms with E-state index in [1.54, 1.807) is 12.5 Å². The average Bonchev–Trinajstić information content (AvgIpc) is 3.22. The molecule has 2 heterocycles. The number of aliphatic hydroxyl groups excluding tert-OH is 1. The van der Waals surface area contributed by atoms with Crippen molar-refractivity contribution < 1.29 is 23.8 Å². The molecule has 4 rings (SSSR count). The molecular weight excluding hydrogens is 332 g/mol. The van der Waals surface area contributed by atoms with Gasteiger partial charge >= 0.3 is 5.97 Å². The zero-order valence-electron chi connectivity index (χ0n) is 15.7. The summed E-state index contributed by atoms with van der Waals surface area (Å²) in [7, 11) is 0. The van der Waals surface area contributed by atoms with Gasteiger partial charge in [0.05, 0.1) is 18.6 Å². The molecule has 1 spiro atoms. The van der Waals surface area contributed by atoms with E-state index in [-0.39, 0.29) is 28.8 Å². The number of hydrogen-bond donors (Lipinski definition) is 1. The first kappa shape index (κ1) is 17.8. The second-order valence-electron chi connectivity index (χ2n) is 8.50. The molecule has 5 heteroatoms. The van der Waals surface area contributed by atoms with Crippen molar-refractivity contribution in [1.29, 1.82) is 0 Å². The fraction of sp³-hybridized carbons (Fsp3) is 0.667. The van der Waals surface area contributed by atoms with Crippen LogP contribution < -0.4 is 0 Å². The minimum absolute atomic E-state index is 0.156. The molecule has 6 unspecified atom stereocenters. The van der Waals surface area contributed by atoms with Crippen LogP contribution >= 0.6 is 0 Å². The molecule has 1 N–H and O–H groups in total. The maximum atomic E-state index is 11.6. The lowest BCUT2D eigenvalue weighted by molar-refractivity contribution is -0.201. The number of ether oxygens (including phenoxy) is 2. The lowest BCUT2D eigenvalue weighted by Crippen LogP contribution is -2.55. The summed E-state index contributed by atoms with van der Waals surface area (Å²) in [4.78, 5) is 11.6. The van der Waals surface area contributed by atoms with Crippen LogP contribution in [-0.4, -0.2) is 17.4 Å². The molecule has 1 saturated heterocycles. The second kappa shape index (κ2) is 6.24. The molecular formula is C21H28O5. The van der Waals surface area contributed by atoms with Crippen LogP contribution in [0.1, 0.15) is 64.5 Å². The van der Waals surface area contributed by atoms with Gasteiger partial charge in [-0.05, 0) is 56.1 Å². The Kier molecular flexibility index (Phi) is 4.27. The lowest BCUT2D eigenvalue weighted by Gasteiger charge is -2.57. The Morgan fingerprint density at radius 3 is 2.88 bits per heavy atom. The molecule has 3 aliphatic rings. The van der Waals surface area contributed by atoms with Crippen molar-refractivity contribution in [3.8, 4) is 0 Å². The molecule has 5 nitrogen and oxygen atoms in total. The standard InChI is InChI=1S/C21H28O5/c1-13-7-9-20(3)17(5-4-6-18(20)25-14(2)22)21(13)11-16(26-19(21)23)15-8-10-24-12-15/h6,8,10,12-13,16-17,19,23H,4-5,7,9,11H2,1-3H3. The molecule has 6 atom stereocenters. The van der Waals surface area contributed by atoms with Crippen LogP contribution in [0.2, 0.25) is 0 Å². The number of carbonyl (C=O) groups excluding carboxylic acids is 1. The van der Waals surface area contributed by atoms with E-state index in [9.17, 15) is 9.90 Å². The third kappa shape index (κ3) is 2.48. The van der Waals surface area contributed by atoms with Crippen LogP contribution in [-0.2, 0) is 14.3 Å². The minimum atomic E-state index is -0.821. The Bertz CT molecular complexity index is 708. The summed E-state index contributed by atoms with van der Waals surface area (Å²) in [5.74, 6) is 1.06. The molecule has 2 aliphatic carbocycles. The summed E-state index contributed by atoms with van der Waals surface area (Å²) in [6, 6.07) is 1.91. The van der Waals surface area contributed by atoms with Gasteiger partial charge in [0, 0.05) is 23.3 Å². The molecule has 1 aromatic heterocycles. The number of allylic oxidation sites excluding steroid dienone is 2. The number of carbonyl (C=O) groups is 1. The quantitative estimate of drug-likeness (QED) is 0.795. The van der Waals surface area contributed by atoms with Crippen molar-refractivity contribution in [1.82, 2.24) is 0 Å². The van der Waals surface area contributed by atoms with Crippen LogP contribution in [0.4, 0.5) is 0 Å². The third-order valence-corrected chi connectivity index (χ3v) is 7.24. The monoisotopic (exact) mass is 360 g/mol. The normalized spacial score (nSPS) is 42.4. The fourth-order valence-corrected chi connectivity index (χ4v) is 5.87. The summed E-state index contributed by atoms with van der Waals surface area (Å²) in [6.07, 6.45) is 8.98. The van der Waals surface area contributed by atoms with Crippen LogP contribution in [0.15, 0.2) is 34.8 Å². The van der Waals surface area contributed by atoms with E-state index >= 15 is 0 Å². The van der Waals surface area contributed by atoms with Crippen molar-refractivity contribution >= 4 is 5.97 Å². The van der Waals surface area contributed by atoms with Gasteiger partial charge in [0.1, 0.15) is 5.76 Å². The molecule has 26 heavy (non-hydrogen) atoms. The first-order valence-corrected chi connectivity index (χ1v) is 9.62. The number of fused-ring (bicyclic) bond motifs is 2. The summed E-state index contributed by atoms with van der Waals surface area (Å²) in [6.45, 7) is 5.88. The van der Waals surface area contributed by atoms with E-state index in [2.05, 4.69) is 19.9 Å². The summed E-state index contributed by atoms with van der Waals surface area (Å²) >= 11 is 0. The van der Waals surface area contributed by atoms with Crippen molar-refractivity contribution in [2.24, 2.45) is 22.7 Å². The smallest absolute Gasteiger partial charge is 0.307 e. The van der Waals surface area contributed by atoms with E-state index in [4.69, 9.17) is 13.9 Å². The zero-order valence-corrected chi connectivity index (χ0v) is 15.7. The molecule has 1 aliphatic heterocycles. The van der Waals surface area contributed by atoms with E-state index in [1.165, 1.54) is 6.92 Å². The lowest BCUT2D eigenvalue weighted by atomic mass is 9.47. The molecule has 2 fully saturated rings. The molecule has 0 radical (unpaired) electrons. The molecule has 1 saturated carbocycles. The van der Waals surface area contributed by atoms with Gasteiger partial charge in [0.2, 0.25) is 0 Å². The first-order chi connectivity index (χ1) is 12.4. The predicted molar refractivity (Wildman–Crippen MR) is 94.7 cm³/mol. The number of esters is 1. The Labute approximate surface area is 154 Å². The van der Waals surface area contributed by atoms with Crippen molar-refractivity contribution in [3.63, 3.8) is 0 Å². The van der Waals surface area contributed by atoms with Crippen molar-refractivity contribution in [3.05, 3.63) is 36.0 Å². The van der Waals surface area contributed by atoms with Gasteiger partial charge in [-0.1, -0.05) is 13.8 Å². The van der Waals surface area contributed by atoms with Crippen molar-refractivity contribution in [2.45, 2.75) is 65.3 Å². The van der Waals surface area contributed by atoms with Crippen LogP contribution in [0.5, 0.6) is 0 Å². The van der Waals surface area contributed by atoms with Crippen LogP contribution in [0, 0.1) is 22.7 Å². The molecule has 0 amide bonds. The predicted octanol–water partition coefficient (Wildman–Crippen LogP) is 4.34. The van der Waals surface area contributed by atoms with Gasteiger partial charge in [0.25, 0.3) is 0 Å². The van der Waals surface area contributed by atoms with Crippen LogP contribution in [0.3, 0.4) is 0 Å². The van der Waals surface area contributed by atoms with Gasteiger partial charge < -0.3 is 19.0 Å². The maximum Gasteiger partial charge on any atom is 0.307 e. The van der Waals surface area contributed by atoms with E-state index in [0.717, 1.165) is 43.4 Å². The highest BCUT2D eigenvalue weighted by Gasteiger charge is 2.64. The zero-order chi connectivity index (χ0) is 18.5. The second-order valence-corrected chi connectivity index (χ2v) is 8.50. The van der Waals surface area contributed by atoms with Gasteiger partial charge in [-0.15, -0.1) is 0 Å². The van der Waals surface area contributed by atoms with Gasteiger partial charge in [-0.25, -0.2) is 0 Å². The van der Waals surface area contributed by atoms with Crippen molar-refractivity contribution in [2.75, 3.05) is 0 Å². The number of rotatable bonds is 2. The molecule has 0 bridgehead atoms. The van der Waals surface area contributed by atoms with Crippen LogP contribution in [0.25, 0.3) is 0 Å². The Hall–Kier alpha value is -1.59. The van der Waals surface area contributed by atoms with Gasteiger partial charge in [-0.3, -0.25) is 4.79 Å². The fourth-order valence-electron chi connectivity index (χ4n) is 5.87. The van der Waals surface area contributed by atoms with E-state index in [1.807, 2.05) is 6.07 Å². The largest absolute Gasteiger partial charge is 0.472 e. The molecule has 1 aromatic rings. The van der Waals surface area contributed by atoms with E-state index in [0.29, 0.717) is 5.92 Å². The highest BCUT2D eigenvalue weighted by atomic mass is 16.6. The summed E-state index contributed by atoms with van der Waals surface area (Å²) in [5, 5.41) is 11.1. The minimum Gasteiger partial charge on any atom is -0.472 e. The molecule has 142 valence electrons. The Morgan fingerprint density at radius 2 is 2.19 bits per heavy atom. The van der Waals surface area contributed by atoms with E-state index < -0.39 is 6.29 Å². The summed E-state index contributed by atoms with van der Waals surface area (Å²) in [5.41, 5.74) is 0.396. The SMILES string of the molecule is CC(=O)OC1=CCCC2C1(C)CCC(C)C21CC(c2ccoc2)OC1O. The molecule has 0 aromatic carbocycles. The highest BCUT2D eigenvalue weighted by molar-refractivity contribution is 5.67. The average molecular weight is 360 g/mol. The van der Waals surface area contributed by atoms with Gasteiger partial charge in [0.15, 0.2) is 6.29 Å². The summed E-state index contributed by atoms with van der Waals surface area (Å²) < 4.78 is 16.9. The number of furan rings is 1. The Morgan fingerprint density at radius 1 is 1.38 bits per heavy atom. The third-order valence-electron chi connectivity index (χ3n) is 7.24. The highest BCUT2D eigenvalue weighted by Crippen LogP contribution is 2.67.